The molecule has 1 saturated heterocycles. The van der Waals surface area contributed by atoms with E-state index in [4.69, 9.17) is 14.2 Å². The first-order chi connectivity index (χ1) is 10.2. The number of nitrogens with zero attached hydrogens (tertiary/aromatic N) is 1. The Labute approximate surface area is 125 Å². The molecule has 7 nitrogen and oxygen atoms in total. The first-order valence-electron chi connectivity index (χ1n) is 7.41. The molecule has 0 aromatic rings. The van der Waals surface area contributed by atoms with Crippen molar-refractivity contribution < 1.29 is 23.8 Å². The highest BCUT2D eigenvalue weighted by Crippen LogP contribution is 2.06. The Bertz CT molecular complexity index is 324. The number of hydrogen-bond donors (Lipinski definition) is 1. The molecule has 1 unspecified atom stereocenters. The second kappa shape index (κ2) is 10.5. The summed E-state index contributed by atoms with van der Waals surface area (Å²) in [5.74, 6) is -0.0894. The predicted octanol–water partition coefficient (Wildman–Crippen LogP) is -0.207. The molecule has 2 amide bonds. The maximum absolute atomic E-state index is 12.2. The largest absolute Gasteiger partial charge is 0.382 e. The number of methoxy groups -OCH3 is 1. The van der Waals surface area contributed by atoms with Gasteiger partial charge >= 0.3 is 0 Å². The van der Waals surface area contributed by atoms with Crippen LogP contribution in [-0.4, -0.2) is 76.0 Å². The summed E-state index contributed by atoms with van der Waals surface area (Å²) >= 11 is 0. The zero-order valence-electron chi connectivity index (χ0n) is 12.9. The molecule has 1 N–H and O–H groups in total. The van der Waals surface area contributed by atoms with Gasteiger partial charge in [-0.1, -0.05) is 6.92 Å². The van der Waals surface area contributed by atoms with Crippen molar-refractivity contribution in [1.29, 1.82) is 0 Å². The summed E-state index contributed by atoms with van der Waals surface area (Å²) in [6.45, 7) is 5.41. The summed E-state index contributed by atoms with van der Waals surface area (Å²) in [6.07, 6.45) is 0.956. The Kier molecular flexibility index (Phi) is 8.96. The van der Waals surface area contributed by atoms with Crippen LogP contribution in [-0.2, 0) is 23.8 Å². The lowest BCUT2D eigenvalue weighted by Gasteiger charge is -2.23. The summed E-state index contributed by atoms with van der Waals surface area (Å²) in [6, 6.07) is -0.405. The quantitative estimate of drug-likeness (QED) is 0.565. The van der Waals surface area contributed by atoms with Crippen LogP contribution in [0.2, 0.25) is 0 Å². The molecule has 7 heteroatoms. The molecule has 0 bridgehead atoms. The molecule has 0 spiro atoms. The van der Waals surface area contributed by atoms with E-state index in [-0.39, 0.29) is 11.8 Å². The van der Waals surface area contributed by atoms with Gasteiger partial charge in [0, 0.05) is 26.6 Å². The molecule has 122 valence electrons. The van der Waals surface area contributed by atoms with E-state index in [0.717, 1.165) is 0 Å². The molecular weight excluding hydrogens is 276 g/mol. The fourth-order valence-corrected chi connectivity index (χ4v) is 2.03. The van der Waals surface area contributed by atoms with Gasteiger partial charge in [0.25, 0.3) is 0 Å². The van der Waals surface area contributed by atoms with Crippen LogP contribution >= 0.6 is 0 Å². The van der Waals surface area contributed by atoms with Crippen molar-refractivity contribution in [2.24, 2.45) is 0 Å². The SMILES string of the molecule is CCC1NC(=O)CCN(CCOCCOCCOC)C1=O. The minimum absolute atomic E-state index is 0.0247. The lowest BCUT2D eigenvalue weighted by molar-refractivity contribution is -0.134. The second-order valence-electron chi connectivity index (χ2n) is 4.82. The van der Waals surface area contributed by atoms with Crippen molar-refractivity contribution in [1.82, 2.24) is 10.2 Å². The van der Waals surface area contributed by atoms with Crippen LogP contribution in [0.4, 0.5) is 0 Å². The van der Waals surface area contributed by atoms with Crippen LogP contribution in [0.5, 0.6) is 0 Å². The third-order valence-electron chi connectivity index (χ3n) is 3.27. The zero-order chi connectivity index (χ0) is 15.5. The molecular formula is C14H26N2O5. The predicted molar refractivity (Wildman–Crippen MR) is 76.9 cm³/mol. The van der Waals surface area contributed by atoms with Crippen LogP contribution in [0.3, 0.4) is 0 Å². The van der Waals surface area contributed by atoms with Crippen molar-refractivity contribution in [3.05, 3.63) is 0 Å². The highest BCUT2D eigenvalue weighted by molar-refractivity contribution is 5.89. The van der Waals surface area contributed by atoms with Crippen molar-refractivity contribution in [2.75, 3.05) is 53.2 Å². The maximum Gasteiger partial charge on any atom is 0.245 e. The summed E-state index contributed by atoms with van der Waals surface area (Å²) in [4.78, 5) is 25.4. The third-order valence-corrected chi connectivity index (χ3v) is 3.27. The molecule has 0 saturated carbocycles. The number of rotatable bonds is 10. The van der Waals surface area contributed by atoms with Crippen LogP contribution < -0.4 is 5.32 Å². The lowest BCUT2D eigenvalue weighted by atomic mass is 10.2. The second-order valence-corrected chi connectivity index (χ2v) is 4.82. The van der Waals surface area contributed by atoms with Gasteiger partial charge in [-0.05, 0) is 6.42 Å². The van der Waals surface area contributed by atoms with Gasteiger partial charge in [-0.15, -0.1) is 0 Å². The number of ether oxygens (including phenoxy) is 3. The lowest BCUT2D eigenvalue weighted by Crippen LogP contribution is -2.45. The Hall–Kier alpha value is -1.18. The monoisotopic (exact) mass is 302 g/mol. The Morgan fingerprint density at radius 2 is 1.81 bits per heavy atom. The van der Waals surface area contributed by atoms with Gasteiger partial charge in [-0.25, -0.2) is 0 Å². The van der Waals surface area contributed by atoms with E-state index in [2.05, 4.69) is 5.32 Å². The molecule has 1 fully saturated rings. The molecule has 0 aliphatic carbocycles. The van der Waals surface area contributed by atoms with E-state index in [0.29, 0.717) is 59.0 Å². The van der Waals surface area contributed by atoms with Crippen LogP contribution in [0.25, 0.3) is 0 Å². The van der Waals surface area contributed by atoms with Crippen molar-refractivity contribution in [2.45, 2.75) is 25.8 Å². The van der Waals surface area contributed by atoms with Crippen molar-refractivity contribution in [3.63, 3.8) is 0 Å². The van der Waals surface area contributed by atoms with Gasteiger partial charge < -0.3 is 24.4 Å². The number of carbonyl (C=O) groups excluding carboxylic acids is 2. The molecule has 0 radical (unpaired) electrons. The number of amides is 2. The summed E-state index contributed by atoms with van der Waals surface area (Å²) in [5, 5.41) is 2.74. The molecule has 1 heterocycles. The molecule has 1 aliphatic rings. The summed E-state index contributed by atoms with van der Waals surface area (Å²) < 4.78 is 15.6. The van der Waals surface area contributed by atoms with Gasteiger partial charge in [-0.2, -0.15) is 0 Å². The maximum atomic E-state index is 12.2. The average Bonchev–Trinajstić information content (AvgIpc) is 2.62. The van der Waals surface area contributed by atoms with E-state index < -0.39 is 6.04 Å². The fraction of sp³-hybridized carbons (Fsp3) is 0.857. The zero-order valence-corrected chi connectivity index (χ0v) is 12.9. The fourth-order valence-electron chi connectivity index (χ4n) is 2.03. The Morgan fingerprint density at radius 3 is 2.48 bits per heavy atom. The van der Waals surface area contributed by atoms with E-state index >= 15 is 0 Å². The first kappa shape index (κ1) is 17.9. The summed E-state index contributed by atoms with van der Waals surface area (Å²) in [5.41, 5.74) is 0. The van der Waals surface area contributed by atoms with Crippen molar-refractivity contribution >= 4 is 11.8 Å². The molecule has 0 aromatic carbocycles. The average molecular weight is 302 g/mol. The van der Waals surface area contributed by atoms with Gasteiger partial charge in [-0.3, -0.25) is 9.59 Å². The van der Waals surface area contributed by atoms with Crippen LogP contribution in [0.1, 0.15) is 19.8 Å². The van der Waals surface area contributed by atoms with E-state index in [1.54, 1.807) is 12.0 Å². The van der Waals surface area contributed by atoms with E-state index in [1.807, 2.05) is 6.92 Å². The number of hydrogen-bond acceptors (Lipinski definition) is 5. The molecule has 0 aromatic heterocycles. The highest BCUT2D eigenvalue weighted by atomic mass is 16.5. The van der Waals surface area contributed by atoms with E-state index in [9.17, 15) is 9.59 Å². The molecule has 1 atom stereocenters. The van der Waals surface area contributed by atoms with Gasteiger partial charge in [0.2, 0.25) is 11.8 Å². The van der Waals surface area contributed by atoms with E-state index in [1.165, 1.54) is 0 Å². The van der Waals surface area contributed by atoms with Gasteiger partial charge in [0.1, 0.15) is 6.04 Å². The molecule has 1 aliphatic heterocycles. The Morgan fingerprint density at radius 1 is 1.14 bits per heavy atom. The molecule has 1 rings (SSSR count). The number of carbonyl (C=O) groups is 2. The highest BCUT2D eigenvalue weighted by Gasteiger charge is 2.27. The van der Waals surface area contributed by atoms with Crippen LogP contribution in [0, 0.1) is 0 Å². The third kappa shape index (κ3) is 6.88. The standard InChI is InChI=1S/C14H26N2O5/c1-3-12-14(18)16(5-4-13(17)15-12)6-7-20-10-11-21-9-8-19-2/h12H,3-11H2,1-2H3,(H,15,17). The molecule has 21 heavy (non-hydrogen) atoms. The minimum atomic E-state index is -0.405. The topological polar surface area (TPSA) is 77.1 Å². The first-order valence-corrected chi connectivity index (χ1v) is 7.41. The summed E-state index contributed by atoms with van der Waals surface area (Å²) in [7, 11) is 1.63. The normalized spacial score (nSPS) is 19.5. The van der Waals surface area contributed by atoms with Crippen LogP contribution in [0.15, 0.2) is 0 Å². The minimum Gasteiger partial charge on any atom is -0.382 e. The van der Waals surface area contributed by atoms with Crippen molar-refractivity contribution in [3.8, 4) is 0 Å². The smallest absolute Gasteiger partial charge is 0.245 e. The van der Waals surface area contributed by atoms with Gasteiger partial charge in [0.15, 0.2) is 0 Å². The number of nitrogens with one attached hydrogen (secondary N) is 1. The Balaban J connectivity index is 2.18. The van der Waals surface area contributed by atoms with Gasteiger partial charge in [0.05, 0.1) is 33.0 Å².